The zero-order valence-electron chi connectivity index (χ0n) is 18.3. The summed E-state index contributed by atoms with van der Waals surface area (Å²) >= 11 is 0. The molecule has 1 aliphatic rings. The Kier molecular flexibility index (Phi) is 6.16. The summed E-state index contributed by atoms with van der Waals surface area (Å²) in [5.74, 6) is 2.27. The lowest BCUT2D eigenvalue weighted by molar-refractivity contribution is -0.116. The van der Waals surface area contributed by atoms with Crippen molar-refractivity contribution in [2.24, 2.45) is 0 Å². The van der Waals surface area contributed by atoms with Crippen molar-refractivity contribution in [3.8, 4) is 11.6 Å². The summed E-state index contributed by atoms with van der Waals surface area (Å²) < 4.78 is 7.01. The van der Waals surface area contributed by atoms with Crippen molar-refractivity contribution in [3.63, 3.8) is 0 Å². The highest BCUT2D eigenvalue weighted by Crippen LogP contribution is 2.22. The van der Waals surface area contributed by atoms with Gasteiger partial charge in [0.2, 0.25) is 5.91 Å². The molecular weight excluding hydrogens is 392 g/mol. The molecule has 0 unspecified atom stereocenters. The van der Waals surface area contributed by atoms with Gasteiger partial charge in [0.25, 0.3) is 0 Å². The fourth-order valence-corrected chi connectivity index (χ4v) is 3.97. The molecule has 1 aromatic carbocycles. The molecule has 8 nitrogen and oxygen atoms in total. The van der Waals surface area contributed by atoms with Gasteiger partial charge >= 0.3 is 0 Å². The molecule has 0 atom stereocenters. The average molecular weight is 421 g/mol. The molecule has 0 bridgehead atoms. The van der Waals surface area contributed by atoms with E-state index in [0.717, 1.165) is 41.5 Å². The van der Waals surface area contributed by atoms with Gasteiger partial charge in [-0.15, -0.1) is 10.2 Å². The van der Waals surface area contributed by atoms with Crippen molar-refractivity contribution < 1.29 is 9.53 Å². The minimum Gasteiger partial charge on any atom is -0.497 e. The molecule has 1 aliphatic heterocycles. The SMILES string of the molecule is COc1cccc(NC(=O)CCc2c(C)nn(-c3ccc(N4CCCC4)nn3)c2C)c1. The molecule has 1 fully saturated rings. The molecule has 0 spiro atoms. The largest absolute Gasteiger partial charge is 0.497 e. The fraction of sp³-hybridized carbons (Fsp3) is 0.391. The third-order valence-electron chi connectivity index (χ3n) is 5.68. The number of benzene rings is 1. The van der Waals surface area contributed by atoms with E-state index in [9.17, 15) is 4.79 Å². The zero-order chi connectivity index (χ0) is 21.8. The summed E-state index contributed by atoms with van der Waals surface area (Å²) in [7, 11) is 1.61. The molecule has 3 aromatic rings. The minimum atomic E-state index is -0.0467. The normalized spacial score (nSPS) is 13.5. The second-order valence-electron chi connectivity index (χ2n) is 7.79. The molecular formula is C23H28N6O2. The van der Waals surface area contributed by atoms with Gasteiger partial charge in [-0.25, -0.2) is 4.68 Å². The lowest BCUT2D eigenvalue weighted by Gasteiger charge is -2.15. The van der Waals surface area contributed by atoms with Crippen LogP contribution in [0.5, 0.6) is 5.75 Å². The predicted molar refractivity (Wildman–Crippen MR) is 120 cm³/mol. The van der Waals surface area contributed by atoms with Gasteiger partial charge in [-0.3, -0.25) is 4.79 Å². The lowest BCUT2D eigenvalue weighted by Crippen LogP contribution is -2.19. The number of aromatic nitrogens is 4. The summed E-state index contributed by atoms with van der Waals surface area (Å²) in [5, 5.41) is 16.4. The van der Waals surface area contributed by atoms with E-state index >= 15 is 0 Å². The first kappa shape index (κ1) is 20.8. The van der Waals surface area contributed by atoms with E-state index in [4.69, 9.17) is 4.74 Å². The van der Waals surface area contributed by atoms with Gasteiger partial charge in [0, 0.05) is 37.0 Å². The van der Waals surface area contributed by atoms with Crippen molar-refractivity contribution >= 4 is 17.4 Å². The maximum absolute atomic E-state index is 12.4. The van der Waals surface area contributed by atoms with Crippen LogP contribution in [0.15, 0.2) is 36.4 Å². The molecule has 0 aliphatic carbocycles. The average Bonchev–Trinajstić information content (AvgIpc) is 3.41. The van der Waals surface area contributed by atoms with Crippen LogP contribution >= 0.6 is 0 Å². The summed E-state index contributed by atoms with van der Waals surface area (Å²) in [6.45, 7) is 6.04. The second kappa shape index (κ2) is 9.16. The lowest BCUT2D eigenvalue weighted by atomic mass is 10.1. The van der Waals surface area contributed by atoms with E-state index in [1.165, 1.54) is 12.8 Å². The standard InChI is InChI=1S/C23H28N6O2/c1-16-20(9-12-23(30)24-18-7-6-8-19(15-18)31-3)17(2)29(27-16)22-11-10-21(25-26-22)28-13-4-5-14-28/h6-8,10-11,15H,4-5,9,12-14H2,1-3H3,(H,24,30). The monoisotopic (exact) mass is 420 g/mol. The molecule has 8 heteroatoms. The summed E-state index contributed by atoms with van der Waals surface area (Å²) in [5.41, 5.74) is 3.67. The van der Waals surface area contributed by atoms with Crippen LogP contribution in [0.3, 0.4) is 0 Å². The molecule has 162 valence electrons. The van der Waals surface area contributed by atoms with Crippen LogP contribution in [-0.4, -0.2) is 46.1 Å². The fourth-order valence-electron chi connectivity index (χ4n) is 3.97. The molecule has 1 N–H and O–H groups in total. The van der Waals surface area contributed by atoms with Crippen molar-refractivity contribution in [2.75, 3.05) is 30.4 Å². The van der Waals surface area contributed by atoms with E-state index in [1.807, 2.05) is 48.9 Å². The van der Waals surface area contributed by atoms with Gasteiger partial charge in [0.05, 0.1) is 12.8 Å². The molecule has 0 radical (unpaired) electrons. The Bertz CT molecular complexity index is 1050. The maximum Gasteiger partial charge on any atom is 0.224 e. The van der Waals surface area contributed by atoms with Gasteiger partial charge in [0.1, 0.15) is 5.75 Å². The number of nitrogens with one attached hydrogen (secondary N) is 1. The number of rotatable bonds is 7. The predicted octanol–water partition coefficient (Wildman–Crippen LogP) is 3.46. The van der Waals surface area contributed by atoms with Crippen LogP contribution in [0.2, 0.25) is 0 Å². The number of nitrogens with zero attached hydrogens (tertiary/aromatic N) is 5. The summed E-state index contributed by atoms with van der Waals surface area (Å²) in [6, 6.07) is 11.3. The Morgan fingerprint density at radius 3 is 2.55 bits per heavy atom. The van der Waals surface area contributed by atoms with Gasteiger partial charge in [-0.1, -0.05) is 6.07 Å². The highest BCUT2D eigenvalue weighted by molar-refractivity contribution is 5.91. The summed E-state index contributed by atoms with van der Waals surface area (Å²) in [6.07, 6.45) is 3.38. The Morgan fingerprint density at radius 1 is 1.10 bits per heavy atom. The number of carbonyl (C=O) groups excluding carboxylic acids is 1. The van der Waals surface area contributed by atoms with Crippen LogP contribution < -0.4 is 15.0 Å². The van der Waals surface area contributed by atoms with Crippen LogP contribution in [0.1, 0.15) is 36.2 Å². The minimum absolute atomic E-state index is 0.0467. The smallest absolute Gasteiger partial charge is 0.224 e. The zero-order valence-corrected chi connectivity index (χ0v) is 18.3. The van der Waals surface area contributed by atoms with E-state index in [2.05, 4.69) is 25.5 Å². The van der Waals surface area contributed by atoms with Crippen molar-refractivity contribution in [1.82, 2.24) is 20.0 Å². The number of methoxy groups -OCH3 is 1. The van der Waals surface area contributed by atoms with E-state index in [-0.39, 0.29) is 5.91 Å². The number of anilines is 2. The first-order valence-electron chi connectivity index (χ1n) is 10.6. The van der Waals surface area contributed by atoms with Crippen molar-refractivity contribution in [1.29, 1.82) is 0 Å². The van der Waals surface area contributed by atoms with Crippen LogP contribution in [-0.2, 0) is 11.2 Å². The molecule has 4 rings (SSSR count). The number of aryl methyl sites for hydroxylation is 1. The molecule has 3 heterocycles. The Morgan fingerprint density at radius 2 is 1.84 bits per heavy atom. The van der Waals surface area contributed by atoms with Crippen molar-refractivity contribution in [2.45, 2.75) is 39.5 Å². The second-order valence-corrected chi connectivity index (χ2v) is 7.79. The Labute approximate surface area is 182 Å². The molecule has 31 heavy (non-hydrogen) atoms. The topological polar surface area (TPSA) is 85.2 Å². The maximum atomic E-state index is 12.4. The number of carbonyl (C=O) groups is 1. The van der Waals surface area contributed by atoms with Gasteiger partial charge < -0.3 is 15.0 Å². The summed E-state index contributed by atoms with van der Waals surface area (Å²) in [4.78, 5) is 14.7. The van der Waals surface area contributed by atoms with Crippen LogP contribution in [0.4, 0.5) is 11.5 Å². The van der Waals surface area contributed by atoms with Gasteiger partial charge in [-0.05, 0) is 62.9 Å². The molecule has 1 saturated heterocycles. The first-order chi connectivity index (χ1) is 15.0. The quantitative estimate of drug-likeness (QED) is 0.630. The highest BCUT2D eigenvalue weighted by Gasteiger charge is 2.17. The first-order valence-corrected chi connectivity index (χ1v) is 10.6. The number of hydrogen-bond donors (Lipinski definition) is 1. The Hall–Kier alpha value is -3.42. The highest BCUT2D eigenvalue weighted by atomic mass is 16.5. The van der Waals surface area contributed by atoms with E-state index < -0.39 is 0 Å². The van der Waals surface area contributed by atoms with Gasteiger partial charge in [0.15, 0.2) is 11.6 Å². The molecule has 2 aromatic heterocycles. The molecule has 0 saturated carbocycles. The Balaban J connectivity index is 1.42. The number of hydrogen-bond acceptors (Lipinski definition) is 6. The third-order valence-corrected chi connectivity index (χ3v) is 5.68. The van der Waals surface area contributed by atoms with Crippen molar-refractivity contribution in [3.05, 3.63) is 53.3 Å². The number of amides is 1. The molecule has 1 amide bonds. The van der Waals surface area contributed by atoms with E-state index in [0.29, 0.717) is 24.4 Å². The van der Waals surface area contributed by atoms with Gasteiger partial charge in [-0.2, -0.15) is 5.10 Å². The van der Waals surface area contributed by atoms with E-state index in [1.54, 1.807) is 13.2 Å². The van der Waals surface area contributed by atoms with Crippen LogP contribution in [0, 0.1) is 13.8 Å². The third kappa shape index (κ3) is 4.68. The number of ether oxygens (including phenoxy) is 1. The van der Waals surface area contributed by atoms with Crippen LogP contribution in [0.25, 0.3) is 5.82 Å².